The Hall–Kier alpha value is -1.91. The fourth-order valence-corrected chi connectivity index (χ4v) is 1.69. The van der Waals surface area contributed by atoms with Crippen molar-refractivity contribution in [2.24, 2.45) is 0 Å². The summed E-state index contributed by atoms with van der Waals surface area (Å²) in [5.74, 6) is 0.743. The zero-order valence-electron chi connectivity index (χ0n) is 9.56. The zero-order valence-corrected chi connectivity index (χ0v) is 9.56. The van der Waals surface area contributed by atoms with Crippen LogP contribution in [0, 0.1) is 0 Å². The third-order valence-corrected chi connectivity index (χ3v) is 2.46. The normalized spacial score (nSPS) is 11.0. The van der Waals surface area contributed by atoms with E-state index in [9.17, 15) is 4.79 Å². The van der Waals surface area contributed by atoms with Crippen LogP contribution in [0.5, 0.6) is 0 Å². The molecule has 5 heteroatoms. The van der Waals surface area contributed by atoms with Crippen LogP contribution in [-0.4, -0.2) is 21.6 Å². The van der Waals surface area contributed by atoms with Crippen LogP contribution in [0.4, 0.5) is 5.82 Å². The summed E-state index contributed by atoms with van der Waals surface area (Å²) in [6.07, 6.45) is 3.27. The topological polar surface area (TPSA) is 59.8 Å². The van der Waals surface area contributed by atoms with Gasteiger partial charge in [-0.15, -0.1) is 0 Å². The van der Waals surface area contributed by atoms with Gasteiger partial charge in [0, 0.05) is 36.9 Å². The molecule has 2 heterocycles. The summed E-state index contributed by atoms with van der Waals surface area (Å²) in [7, 11) is 1.80. The maximum Gasteiger partial charge on any atom is 0.348 e. The Kier molecular flexibility index (Phi) is 2.60. The van der Waals surface area contributed by atoms with Crippen LogP contribution in [-0.2, 0) is 0 Å². The minimum absolute atomic E-state index is 0.0795. The van der Waals surface area contributed by atoms with Gasteiger partial charge in [0.05, 0.1) is 5.52 Å². The highest BCUT2D eigenvalue weighted by molar-refractivity contribution is 5.79. The fraction of sp³-hybridized carbons (Fsp3) is 0.364. The molecule has 0 fully saturated rings. The van der Waals surface area contributed by atoms with Gasteiger partial charge in [0.2, 0.25) is 0 Å². The summed E-state index contributed by atoms with van der Waals surface area (Å²) in [5, 5.41) is 3.83. The van der Waals surface area contributed by atoms with Crippen LogP contribution in [0.2, 0.25) is 0 Å². The number of rotatable bonds is 2. The summed E-state index contributed by atoms with van der Waals surface area (Å²) in [6, 6.07) is 1.94. The summed E-state index contributed by atoms with van der Waals surface area (Å²) in [5.41, 5.74) is 0.630. The summed E-state index contributed by atoms with van der Waals surface area (Å²) < 4.78 is 1.66. The number of anilines is 1. The van der Waals surface area contributed by atoms with E-state index in [1.54, 1.807) is 24.0 Å². The van der Waals surface area contributed by atoms with Gasteiger partial charge in [-0.25, -0.2) is 14.8 Å². The van der Waals surface area contributed by atoms with Crippen molar-refractivity contribution in [3.63, 3.8) is 0 Å². The summed E-state index contributed by atoms with van der Waals surface area (Å²) in [4.78, 5) is 19.7. The van der Waals surface area contributed by atoms with Crippen LogP contribution >= 0.6 is 0 Å². The largest absolute Gasteiger partial charge is 0.373 e. The molecule has 2 aromatic rings. The standard InChI is InChI=1S/C11H14N4O/c1-7(2)15-9-4-10(12-3)13-5-8(9)6-14-11(15)16/h4-7H,1-3H3,(H,12,13). The second-order valence-electron chi connectivity index (χ2n) is 3.88. The highest BCUT2D eigenvalue weighted by atomic mass is 16.1. The molecular formula is C11H14N4O. The number of nitrogens with zero attached hydrogens (tertiary/aromatic N) is 3. The van der Waals surface area contributed by atoms with E-state index in [0.717, 1.165) is 16.7 Å². The van der Waals surface area contributed by atoms with Crippen molar-refractivity contribution < 1.29 is 0 Å². The predicted octanol–water partition coefficient (Wildman–Crippen LogP) is 1.41. The molecule has 0 spiro atoms. The van der Waals surface area contributed by atoms with Gasteiger partial charge in [0.25, 0.3) is 0 Å². The Balaban J connectivity index is 2.83. The van der Waals surface area contributed by atoms with Crippen molar-refractivity contribution in [3.8, 4) is 0 Å². The third kappa shape index (κ3) is 1.64. The van der Waals surface area contributed by atoms with Crippen molar-refractivity contribution in [3.05, 3.63) is 28.9 Å². The summed E-state index contributed by atoms with van der Waals surface area (Å²) in [6.45, 7) is 3.92. The average Bonchev–Trinajstić information content (AvgIpc) is 2.27. The molecule has 0 atom stereocenters. The molecule has 0 aliphatic carbocycles. The Morgan fingerprint density at radius 3 is 2.62 bits per heavy atom. The molecule has 0 radical (unpaired) electrons. The van der Waals surface area contributed by atoms with Gasteiger partial charge in [0.1, 0.15) is 5.82 Å². The molecule has 2 aromatic heterocycles. The van der Waals surface area contributed by atoms with Gasteiger partial charge in [-0.3, -0.25) is 4.57 Å². The van der Waals surface area contributed by atoms with Crippen molar-refractivity contribution in [2.45, 2.75) is 19.9 Å². The number of fused-ring (bicyclic) bond motifs is 1. The number of pyridine rings is 1. The van der Waals surface area contributed by atoms with Crippen molar-refractivity contribution in [1.29, 1.82) is 0 Å². The number of hydrogen-bond donors (Lipinski definition) is 1. The van der Waals surface area contributed by atoms with Gasteiger partial charge >= 0.3 is 5.69 Å². The maximum absolute atomic E-state index is 11.7. The van der Waals surface area contributed by atoms with Gasteiger partial charge in [-0.05, 0) is 13.8 Å². The highest BCUT2D eigenvalue weighted by Gasteiger charge is 2.08. The Bertz CT molecular complexity index is 574. The second kappa shape index (κ2) is 3.92. The lowest BCUT2D eigenvalue weighted by atomic mass is 10.2. The molecule has 0 saturated carbocycles. The SMILES string of the molecule is CNc1cc2c(cn1)cnc(=O)n2C(C)C. The van der Waals surface area contributed by atoms with Gasteiger partial charge in [0.15, 0.2) is 0 Å². The molecule has 84 valence electrons. The quantitative estimate of drug-likeness (QED) is 0.828. The van der Waals surface area contributed by atoms with Crippen molar-refractivity contribution in [2.75, 3.05) is 12.4 Å². The molecule has 0 aliphatic rings. The lowest BCUT2D eigenvalue weighted by Gasteiger charge is -2.13. The highest BCUT2D eigenvalue weighted by Crippen LogP contribution is 2.16. The third-order valence-electron chi connectivity index (χ3n) is 2.46. The number of aromatic nitrogens is 3. The Morgan fingerprint density at radius 1 is 1.31 bits per heavy atom. The molecule has 0 saturated heterocycles. The van der Waals surface area contributed by atoms with E-state index >= 15 is 0 Å². The van der Waals surface area contributed by atoms with Gasteiger partial charge < -0.3 is 5.32 Å². The molecule has 0 aromatic carbocycles. The van der Waals surface area contributed by atoms with Crippen molar-refractivity contribution in [1.82, 2.24) is 14.5 Å². The molecule has 0 unspecified atom stereocenters. The van der Waals surface area contributed by atoms with E-state index in [0.29, 0.717) is 0 Å². The molecule has 0 amide bonds. The molecule has 5 nitrogen and oxygen atoms in total. The molecule has 16 heavy (non-hydrogen) atoms. The lowest BCUT2D eigenvalue weighted by Crippen LogP contribution is -2.24. The van der Waals surface area contributed by atoms with E-state index in [1.165, 1.54) is 0 Å². The number of hydrogen-bond acceptors (Lipinski definition) is 4. The number of nitrogens with one attached hydrogen (secondary N) is 1. The first kappa shape index (κ1) is 10.6. The van der Waals surface area contributed by atoms with Crippen LogP contribution in [0.25, 0.3) is 10.9 Å². The van der Waals surface area contributed by atoms with Gasteiger partial charge in [-0.1, -0.05) is 0 Å². The van der Waals surface area contributed by atoms with E-state index < -0.39 is 0 Å². The molecule has 0 bridgehead atoms. The predicted molar refractivity (Wildman–Crippen MR) is 63.7 cm³/mol. The molecule has 2 rings (SSSR count). The van der Waals surface area contributed by atoms with Gasteiger partial charge in [-0.2, -0.15) is 0 Å². The van der Waals surface area contributed by atoms with E-state index in [-0.39, 0.29) is 11.7 Å². The summed E-state index contributed by atoms with van der Waals surface area (Å²) >= 11 is 0. The average molecular weight is 218 g/mol. The van der Waals surface area contributed by atoms with Crippen LogP contribution < -0.4 is 11.0 Å². The van der Waals surface area contributed by atoms with E-state index in [4.69, 9.17) is 0 Å². The fourth-order valence-electron chi connectivity index (χ4n) is 1.69. The minimum Gasteiger partial charge on any atom is -0.373 e. The first-order chi connectivity index (χ1) is 7.63. The maximum atomic E-state index is 11.7. The zero-order chi connectivity index (χ0) is 11.7. The lowest BCUT2D eigenvalue weighted by molar-refractivity contribution is 0.586. The second-order valence-corrected chi connectivity index (χ2v) is 3.88. The van der Waals surface area contributed by atoms with Crippen LogP contribution in [0.1, 0.15) is 19.9 Å². The van der Waals surface area contributed by atoms with Crippen LogP contribution in [0.3, 0.4) is 0 Å². The Labute approximate surface area is 93.2 Å². The molecular weight excluding hydrogens is 204 g/mol. The monoisotopic (exact) mass is 218 g/mol. The Morgan fingerprint density at radius 2 is 2.00 bits per heavy atom. The van der Waals surface area contributed by atoms with Crippen LogP contribution in [0.15, 0.2) is 23.3 Å². The van der Waals surface area contributed by atoms with E-state index in [1.807, 2.05) is 19.9 Å². The van der Waals surface area contributed by atoms with E-state index in [2.05, 4.69) is 15.3 Å². The first-order valence-electron chi connectivity index (χ1n) is 5.18. The van der Waals surface area contributed by atoms with Crippen molar-refractivity contribution >= 4 is 16.7 Å². The minimum atomic E-state index is -0.226. The smallest absolute Gasteiger partial charge is 0.348 e. The molecule has 0 aliphatic heterocycles. The molecule has 1 N–H and O–H groups in total. The first-order valence-corrected chi connectivity index (χ1v) is 5.18.